The summed E-state index contributed by atoms with van der Waals surface area (Å²) < 4.78 is 80.9. The molecular weight excluding hydrogens is 536 g/mol. The predicted octanol–water partition coefficient (Wildman–Crippen LogP) is 6.68. The first-order valence-corrected chi connectivity index (χ1v) is 13.3. The number of amides is 2. The maximum atomic E-state index is 14.0. The van der Waals surface area contributed by atoms with E-state index in [1.807, 2.05) is 43.9 Å². The molecule has 1 N–H and O–H groups in total. The largest absolute Gasteiger partial charge is 0.416 e. The molecule has 2 atom stereocenters. The maximum absolute atomic E-state index is 14.0. The Morgan fingerprint density at radius 1 is 1.02 bits per heavy atom. The van der Waals surface area contributed by atoms with Gasteiger partial charge in [0.1, 0.15) is 0 Å². The maximum Gasteiger partial charge on any atom is 0.416 e. The Labute approximate surface area is 229 Å². The average molecular weight is 570 g/mol. The van der Waals surface area contributed by atoms with Crippen LogP contribution in [0.2, 0.25) is 0 Å². The molecule has 5 nitrogen and oxygen atoms in total. The summed E-state index contributed by atoms with van der Waals surface area (Å²) in [5, 5.41) is 2.36. The molecule has 0 aromatic heterocycles. The van der Waals surface area contributed by atoms with E-state index in [1.54, 1.807) is 6.92 Å². The molecule has 1 aliphatic heterocycles. The second kappa shape index (κ2) is 10.7. The smallest absolute Gasteiger partial charge is 0.325 e. The number of nitrogens with zero attached hydrogens (tertiary/aromatic N) is 2. The van der Waals surface area contributed by atoms with Crippen molar-refractivity contribution in [3.8, 4) is 0 Å². The number of para-hydroxylation sites is 1. The lowest BCUT2D eigenvalue weighted by atomic mass is 9.77. The molecule has 1 aliphatic carbocycles. The van der Waals surface area contributed by atoms with Gasteiger partial charge in [-0.3, -0.25) is 9.59 Å². The van der Waals surface area contributed by atoms with Crippen molar-refractivity contribution < 1.29 is 35.9 Å². The quantitative estimate of drug-likeness (QED) is 0.361. The van der Waals surface area contributed by atoms with Gasteiger partial charge in [0, 0.05) is 31.0 Å². The standard InChI is InChI=1S/C29H33F6N3O2/c1-5-37(14-20-9-10-20)15-27(16-38(25(39)19(27)4)24-17(2)7-6-8-18(24)3)26(40)36-23-12-21(28(30,31)32)11-22(13-23)29(33,34)35/h6-8,11-13,19-20H,5,9-10,14-16H2,1-4H3,(H,36,40)/t19-,27-/m1/s1. The molecular formula is C29H33F6N3O2. The Balaban J connectivity index is 1.77. The lowest BCUT2D eigenvalue weighted by Crippen LogP contribution is -2.51. The van der Waals surface area contributed by atoms with Gasteiger partial charge in [-0.25, -0.2) is 0 Å². The van der Waals surface area contributed by atoms with Crippen LogP contribution in [0.4, 0.5) is 37.7 Å². The molecule has 1 heterocycles. The Kier molecular flexibility index (Phi) is 8.01. The third-order valence-electron chi connectivity index (χ3n) is 8.08. The van der Waals surface area contributed by atoms with Crippen molar-refractivity contribution in [1.29, 1.82) is 0 Å². The summed E-state index contributed by atoms with van der Waals surface area (Å²) in [6.07, 6.45) is -8.03. The Hall–Kier alpha value is -3.08. The molecule has 40 heavy (non-hydrogen) atoms. The zero-order valence-corrected chi connectivity index (χ0v) is 22.8. The summed E-state index contributed by atoms with van der Waals surface area (Å²) in [6.45, 7) is 8.53. The third kappa shape index (κ3) is 5.99. The third-order valence-corrected chi connectivity index (χ3v) is 8.08. The van der Waals surface area contributed by atoms with Crippen molar-refractivity contribution in [2.75, 3.05) is 36.4 Å². The van der Waals surface area contributed by atoms with Crippen LogP contribution in [0.15, 0.2) is 36.4 Å². The lowest BCUT2D eigenvalue weighted by molar-refractivity contribution is -0.143. The van der Waals surface area contributed by atoms with Gasteiger partial charge >= 0.3 is 12.4 Å². The first-order chi connectivity index (χ1) is 18.6. The molecule has 0 spiro atoms. The van der Waals surface area contributed by atoms with Crippen LogP contribution in [0.5, 0.6) is 0 Å². The fraction of sp³-hybridized carbons (Fsp3) is 0.517. The first kappa shape index (κ1) is 29.9. The van der Waals surface area contributed by atoms with Crippen molar-refractivity contribution >= 4 is 23.2 Å². The van der Waals surface area contributed by atoms with E-state index in [2.05, 4.69) is 5.32 Å². The van der Waals surface area contributed by atoms with E-state index >= 15 is 0 Å². The van der Waals surface area contributed by atoms with E-state index in [9.17, 15) is 35.9 Å². The summed E-state index contributed by atoms with van der Waals surface area (Å²) in [5.41, 5.74) is -2.82. The first-order valence-electron chi connectivity index (χ1n) is 13.3. The number of hydrogen-bond acceptors (Lipinski definition) is 3. The topological polar surface area (TPSA) is 52.7 Å². The van der Waals surface area contributed by atoms with Crippen molar-refractivity contribution in [3.63, 3.8) is 0 Å². The molecule has 2 amide bonds. The molecule has 2 aliphatic rings. The van der Waals surface area contributed by atoms with Gasteiger partial charge in [-0.2, -0.15) is 26.3 Å². The molecule has 2 fully saturated rings. The van der Waals surface area contributed by atoms with Crippen LogP contribution in [0.1, 0.15) is 48.9 Å². The highest BCUT2D eigenvalue weighted by molar-refractivity contribution is 6.08. The van der Waals surface area contributed by atoms with Crippen molar-refractivity contribution in [3.05, 3.63) is 58.7 Å². The number of alkyl halides is 6. The van der Waals surface area contributed by atoms with Gasteiger partial charge in [0.05, 0.1) is 22.5 Å². The molecule has 1 saturated carbocycles. The average Bonchev–Trinajstić information content (AvgIpc) is 3.64. The second-order valence-corrected chi connectivity index (χ2v) is 11.1. The monoisotopic (exact) mass is 569 g/mol. The van der Waals surface area contributed by atoms with Crippen LogP contribution < -0.4 is 10.2 Å². The summed E-state index contributed by atoms with van der Waals surface area (Å²) >= 11 is 0. The van der Waals surface area contributed by atoms with Gasteiger partial charge < -0.3 is 15.1 Å². The Bertz CT molecular complexity index is 1240. The summed E-state index contributed by atoms with van der Waals surface area (Å²) in [5.74, 6) is -1.54. The van der Waals surface area contributed by atoms with Crippen LogP contribution >= 0.6 is 0 Å². The van der Waals surface area contributed by atoms with Crippen LogP contribution in [-0.4, -0.2) is 42.9 Å². The summed E-state index contributed by atoms with van der Waals surface area (Å²) in [4.78, 5) is 31.3. The minimum atomic E-state index is -5.06. The number of carbonyl (C=O) groups excluding carboxylic acids is 2. The van der Waals surface area contributed by atoms with Crippen LogP contribution in [0, 0.1) is 31.1 Å². The Morgan fingerprint density at radius 3 is 2.05 bits per heavy atom. The summed E-state index contributed by atoms with van der Waals surface area (Å²) in [7, 11) is 0. The number of rotatable bonds is 8. The van der Waals surface area contributed by atoms with Crippen LogP contribution in [0.25, 0.3) is 0 Å². The van der Waals surface area contributed by atoms with Crippen molar-refractivity contribution in [1.82, 2.24) is 4.90 Å². The van der Waals surface area contributed by atoms with Crippen molar-refractivity contribution in [2.45, 2.75) is 52.9 Å². The van der Waals surface area contributed by atoms with E-state index in [0.29, 0.717) is 36.8 Å². The Morgan fingerprint density at radius 2 is 1.57 bits per heavy atom. The van der Waals surface area contributed by atoms with E-state index in [0.717, 1.165) is 24.0 Å². The number of nitrogens with one attached hydrogen (secondary N) is 1. The normalized spacial score (nSPS) is 21.8. The van der Waals surface area contributed by atoms with E-state index in [4.69, 9.17) is 0 Å². The van der Waals surface area contributed by atoms with Crippen molar-refractivity contribution in [2.24, 2.45) is 17.3 Å². The van der Waals surface area contributed by atoms with E-state index in [1.165, 1.54) is 4.90 Å². The SMILES string of the molecule is CCN(CC1CC1)C[C@@]1(C(=O)Nc2cc(C(F)(F)F)cc(C(F)(F)F)c2)CN(c2c(C)cccc2C)C(=O)[C@H]1C. The number of benzene rings is 2. The van der Waals surface area contributed by atoms with Crippen LogP contribution in [-0.2, 0) is 21.9 Å². The molecule has 1 saturated heterocycles. The van der Waals surface area contributed by atoms with E-state index < -0.39 is 46.4 Å². The molecule has 2 aromatic rings. The molecule has 11 heteroatoms. The zero-order valence-electron chi connectivity index (χ0n) is 22.8. The van der Waals surface area contributed by atoms with Gasteiger partial charge in [-0.15, -0.1) is 0 Å². The molecule has 0 bridgehead atoms. The van der Waals surface area contributed by atoms with Gasteiger partial charge in [0.15, 0.2) is 0 Å². The highest BCUT2D eigenvalue weighted by Crippen LogP contribution is 2.44. The highest BCUT2D eigenvalue weighted by atomic mass is 19.4. The minimum absolute atomic E-state index is 0.0181. The highest BCUT2D eigenvalue weighted by Gasteiger charge is 2.56. The van der Waals surface area contributed by atoms with Gasteiger partial charge in [0.25, 0.3) is 0 Å². The second-order valence-electron chi connectivity index (χ2n) is 11.1. The minimum Gasteiger partial charge on any atom is -0.325 e. The molecule has 218 valence electrons. The molecule has 0 unspecified atom stereocenters. The lowest BCUT2D eigenvalue weighted by Gasteiger charge is -2.36. The number of carbonyl (C=O) groups is 2. The fourth-order valence-corrected chi connectivity index (χ4v) is 5.57. The summed E-state index contributed by atoms with van der Waals surface area (Å²) in [6, 6.07) is 6.53. The van der Waals surface area contributed by atoms with Gasteiger partial charge in [-0.05, 0) is 68.5 Å². The molecule has 4 rings (SSSR count). The number of hydrogen-bond donors (Lipinski definition) is 1. The fourth-order valence-electron chi connectivity index (χ4n) is 5.57. The molecule has 0 radical (unpaired) electrons. The number of anilines is 2. The number of halogens is 6. The zero-order chi connectivity index (χ0) is 29.6. The van der Waals surface area contributed by atoms with Gasteiger partial charge in [-0.1, -0.05) is 32.0 Å². The van der Waals surface area contributed by atoms with Gasteiger partial charge in [0.2, 0.25) is 11.8 Å². The number of aryl methyl sites for hydroxylation is 2. The van der Waals surface area contributed by atoms with E-state index in [-0.39, 0.29) is 25.1 Å². The predicted molar refractivity (Wildman–Crippen MR) is 140 cm³/mol. The van der Waals surface area contributed by atoms with Crippen LogP contribution in [0.3, 0.4) is 0 Å². The molecule has 2 aromatic carbocycles.